The van der Waals surface area contributed by atoms with Crippen LogP contribution >= 0.6 is 0 Å². The number of rotatable bonds is 4. The molecule has 4 rings (SSSR count). The molecule has 116 valence electrons. The minimum atomic E-state index is 0.201. The molecule has 3 aromatic heterocycles. The van der Waals surface area contributed by atoms with Gasteiger partial charge in [-0.25, -0.2) is 9.97 Å². The van der Waals surface area contributed by atoms with Gasteiger partial charge in [-0.3, -0.25) is 5.10 Å². The monoisotopic (exact) mass is 306 g/mol. The molecule has 1 fully saturated rings. The van der Waals surface area contributed by atoms with Crippen molar-refractivity contribution in [2.24, 2.45) is 5.92 Å². The third-order valence-corrected chi connectivity index (χ3v) is 4.88. The lowest BCUT2D eigenvalue weighted by atomic mass is 9.95. The van der Waals surface area contributed by atoms with Crippen LogP contribution in [0.15, 0.2) is 31.0 Å². The molecule has 3 heterocycles. The number of hydrogen-bond acceptors (Lipinski definition) is 4. The number of fused-ring (bicyclic) bond motifs is 1. The molecule has 1 aliphatic carbocycles. The molecule has 0 aliphatic heterocycles. The standard InChI is InChI=1S/C17H18N6/c18-7-5-15(12-3-1-2-4-12)23-8-6-14-16(13-9-21-22-10-13)19-11-20-17(14)23/h6,8-12,15H,1-5H2,(H,21,22)/t15-/m1/s1. The maximum atomic E-state index is 9.26. The van der Waals surface area contributed by atoms with Crippen molar-refractivity contribution in [1.82, 2.24) is 24.7 Å². The van der Waals surface area contributed by atoms with E-state index in [2.05, 4.69) is 43.1 Å². The van der Waals surface area contributed by atoms with Crippen LogP contribution in [0, 0.1) is 17.2 Å². The Balaban J connectivity index is 1.81. The van der Waals surface area contributed by atoms with Gasteiger partial charge in [-0.2, -0.15) is 10.4 Å². The van der Waals surface area contributed by atoms with Crippen LogP contribution in [0.1, 0.15) is 38.1 Å². The van der Waals surface area contributed by atoms with Crippen molar-refractivity contribution < 1.29 is 0 Å². The van der Waals surface area contributed by atoms with Crippen molar-refractivity contribution in [3.8, 4) is 17.3 Å². The summed E-state index contributed by atoms with van der Waals surface area (Å²) in [6.45, 7) is 0. The minimum Gasteiger partial charge on any atom is -0.328 e. The number of nitrogens with zero attached hydrogens (tertiary/aromatic N) is 5. The van der Waals surface area contributed by atoms with Crippen molar-refractivity contribution >= 4 is 11.0 Å². The van der Waals surface area contributed by atoms with Crippen LogP contribution in [0.4, 0.5) is 0 Å². The van der Waals surface area contributed by atoms with Crippen molar-refractivity contribution in [2.45, 2.75) is 38.1 Å². The molecule has 1 saturated carbocycles. The quantitative estimate of drug-likeness (QED) is 0.800. The highest BCUT2D eigenvalue weighted by molar-refractivity contribution is 5.90. The second kappa shape index (κ2) is 5.84. The van der Waals surface area contributed by atoms with Gasteiger partial charge < -0.3 is 4.57 Å². The lowest BCUT2D eigenvalue weighted by Crippen LogP contribution is -2.16. The van der Waals surface area contributed by atoms with Crippen LogP contribution in [0.25, 0.3) is 22.3 Å². The van der Waals surface area contributed by atoms with Crippen LogP contribution in [0.5, 0.6) is 0 Å². The van der Waals surface area contributed by atoms with Gasteiger partial charge in [0.1, 0.15) is 12.0 Å². The average molecular weight is 306 g/mol. The summed E-state index contributed by atoms with van der Waals surface area (Å²) in [5, 5.41) is 17.1. The third-order valence-electron chi connectivity index (χ3n) is 4.88. The summed E-state index contributed by atoms with van der Waals surface area (Å²) in [7, 11) is 0. The Kier molecular flexibility index (Phi) is 3.54. The van der Waals surface area contributed by atoms with E-state index in [9.17, 15) is 5.26 Å². The normalized spacial score (nSPS) is 16.7. The van der Waals surface area contributed by atoms with Crippen LogP contribution in [-0.4, -0.2) is 24.7 Å². The van der Waals surface area contributed by atoms with Gasteiger partial charge in [0.25, 0.3) is 0 Å². The maximum Gasteiger partial charge on any atom is 0.144 e. The van der Waals surface area contributed by atoms with E-state index < -0.39 is 0 Å². The molecule has 0 amide bonds. The van der Waals surface area contributed by atoms with Gasteiger partial charge in [0, 0.05) is 23.3 Å². The van der Waals surface area contributed by atoms with E-state index in [-0.39, 0.29) is 6.04 Å². The minimum absolute atomic E-state index is 0.201. The molecule has 3 aromatic rings. The Morgan fingerprint density at radius 1 is 1.35 bits per heavy atom. The van der Waals surface area contributed by atoms with Gasteiger partial charge in [0.2, 0.25) is 0 Å². The second-order valence-electron chi connectivity index (χ2n) is 6.14. The zero-order valence-electron chi connectivity index (χ0n) is 12.8. The highest BCUT2D eigenvalue weighted by Gasteiger charge is 2.27. The second-order valence-corrected chi connectivity index (χ2v) is 6.14. The zero-order chi connectivity index (χ0) is 15.6. The van der Waals surface area contributed by atoms with Gasteiger partial charge >= 0.3 is 0 Å². The fourth-order valence-corrected chi connectivity index (χ4v) is 3.78. The van der Waals surface area contributed by atoms with Gasteiger partial charge in [0.05, 0.1) is 30.4 Å². The van der Waals surface area contributed by atoms with Crippen LogP contribution in [0.3, 0.4) is 0 Å². The molecule has 1 aliphatic rings. The van der Waals surface area contributed by atoms with E-state index >= 15 is 0 Å². The predicted octanol–water partition coefficient (Wildman–Crippen LogP) is 3.47. The molecule has 0 aromatic carbocycles. The topological polar surface area (TPSA) is 83.2 Å². The van der Waals surface area contributed by atoms with Gasteiger partial charge in [0.15, 0.2) is 0 Å². The van der Waals surface area contributed by atoms with Crippen molar-refractivity contribution in [1.29, 1.82) is 5.26 Å². The Labute approximate surface area is 134 Å². The molecule has 0 unspecified atom stereocenters. The molecule has 0 saturated heterocycles. The fraction of sp³-hybridized carbons (Fsp3) is 0.412. The first kappa shape index (κ1) is 13.9. The average Bonchev–Trinajstić information content (AvgIpc) is 3.33. The predicted molar refractivity (Wildman–Crippen MR) is 86.3 cm³/mol. The first-order valence-corrected chi connectivity index (χ1v) is 8.06. The molecule has 1 atom stereocenters. The van der Waals surface area contributed by atoms with Crippen LogP contribution < -0.4 is 0 Å². The van der Waals surface area contributed by atoms with Crippen molar-refractivity contribution in [3.63, 3.8) is 0 Å². The summed E-state index contributed by atoms with van der Waals surface area (Å²) in [5.41, 5.74) is 2.74. The number of nitrogens with one attached hydrogen (secondary N) is 1. The summed E-state index contributed by atoms with van der Waals surface area (Å²) in [4.78, 5) is 8.91. The van der Waals surface area contributed by atoms with Gasteiger partial charge in [-0.05, 0) is 24.8 Å². The van der Waals surface area contributed by atoms with E-state index in [1.54, 1.807) is 12.5 Å². The fourth-order valence-electron chi connectivity index (χ4n) is 3.78. The highest BCUT2D eigenvalue weighted by atomic mass is 15.1. The first-order valence-electron chi connectivity index (χ1n) is 8.06. The summed E-state index contributed by atoms with van der Waals surface area (Å²) in [5.74, 6) is 0.567. The van der Waals surface area contributed by atoms with Crippen molar-refractivity contribution in [2.75, 3.05) is 0 Å². The summed E-state index contributed by atoms with van der Waals surface area (Å²) in [6.07, 6.45) is 12.7. The van der Waals surface area contributed by atoms with Gasteiger partial charge in [-0.15, -0.1) is 0 Å². The molecule has 23 heavy (non-hydrogen) atoms. The van der Waals surface area contributed by atoms with E-state index in [1.807, 2.05) is 6.20 Å². The first-order chi connectivity index (χ1) is 11.4. The van der Waals surface area contributed by atoms with Crippen molar-refractivity contribution in [3.05, 3.63) is 31.0 Å². The van der Waals surface area contributed by atoms with Crippen LogP contribution in [-0.2, 0) is 0 Å². The molecule has 6 nitrogen and oxygen atoms in total. The maximum absolute atomic E-state index is 9.26. The Hall–Kier alpha value is -2.68. The third kappa shape index (κ3) is 2.38. The Bertz CT molecular complexity index is 836. The number of hydrogen-bond donors (Lipinski definition) is 1. The number of aromatic amines is 1. The van der Waals surface area contributed by atoms with E-state index in [0.717, 1.165) is 22.3 Å². The molecular weight excluding hydrogens is 288 g/mol. The molecule has 0 bridgehead atoms. The molecular formula is C17H18N6. The molecule has 1 N–H and O–H groups in total. The SMILES string of the molecule is N#CC[C@H](C1CCCC1)n1ccc2c(-c3cn[nH]c3)ncnc21. The smallest absolute Gasteiger partial charge is 0.144 e. The Morgan fingerprint density at radius 2 is 2.22 bits per heavy atom. The summed E-state index contributed by atoms with van der Waals surface area (Å²) >= 11 is 0. The van der Waals surface area contributed by atoms with E-state index in [1.165, 1.54) is 25.7 Å². The molecule has 0 spiro atoms. The lowest BCUT2D eigenvalue weighted by molar-refractivity contribution is 0.346. The summed E-state index contributed by atoms with van der Waals surface area (Å²) in [6, 6.07) is 4.61. The number of nitriles is 1. The molecule has 0 radical (unpaired) electrons. The van der Waals surface area contributed by atoms with E-state index in [4.69, 9.17) is 0 Å². The highest BCUT2D eigenvalue weighted by Crippen LogP contribution is 2.38. The zero-order valence-corrected chi connectivity index (χ0v) is 12.8. The van der Waals surface area contributed by atoms with Gasteiger partial charge in [-0.1, -0.05) is 12.8 Å². The number of H-pyrrole nitrogens is 1. The van der Waals surface area contributed by atoms with Crippen LogP contribution in [0.2, 0.25) is 0 Å². The largest absolute Gasteiger partial charge is 0.328 e. The lowest BCUT2D eigenvalue weighted by Gasteiger charge is -2.23. The Morgan fingerprint density at radius 3 is 2.96 bits per heavy atom. The number of aromatic nitrogens is 5. The molecule has 6 heteroatoms. The summed E-state index contributed by atoms with van der Waals surface area (Å²) < 4.78 is 2.18. The van der Waals surface area contributed by atoms with E-state index in [0.29, 0.717) is 12.3 Å².